The molecule has 4 nitrogen and oxygen atoms in total. The maximum atomic E-state index is 11.7. The Morgan fingerprint density at radius 1 is 1.22 bits per heavy atom. The van der Waals surface area contributed by atoms with Crippen LogP contribution in [0, 0.1) is 0 Å². The highest BCUT2D eigenvalue weighted by molar-refractivity contribution is 5.95. The quantitative estimate of drug-likeness (QED) is 0.657. The molecule has 0 aromatic heterocycles. The van der Waals surface area contributed by atoms with E-state index in [4.69, 9.17) is 4.74 Å². The van der Waals surface area contributed by atoms with Gasteiger partial charge in [-0.1, -0.05) is 23.8 Å². The van der Waals surface area contributed by atoms with Crippen molar-refractivity contribution in [3.8, 4) is 0 Å². The van der Waals surface area contributed by atoms with Crippen molar-refractivity contribution in [2.75, 3.05) is 5.32 Å². The Balaban J connectivity index is 2.52. The molecule has 1 amide bonds. The first-order chi connectivity index (χ1) is 8.49. The Morgan fingerprint density at radius 2 is 1.83 bits per heavy atom. The van der Waals surface area contributed by atoms with Crippen LogP contribution in [-0.4, -0.2) is 18.0 Å². The number of carbonyl (C=O) groups excluding carboxylic acids is 2. The van der Waals surface area contributed by atoms with Crippen molar-refractivity contribution in [3.63, 3.8) is 0 Å². The number of hydrogen-bond donors (Lipinski definition) is 1. The number of ether oxygens (including phenoxy) is 1. The molecule has 1 rings (SSSR count). The van der Waals surface area contributed by atoms with Crippen LogP contribution in [0.3, 0.4) is 0 Å². The number of anilines is 1. The largest absolute Gasteiger partial charge is 0.449 e. The van der Waals surface area contributed by atoms with E-state index in [1.54, 1.807) is 26.0 Å². The fourth-order valence-corrected chi connectivity index (χ4v) is 1.26. The average Bonchev–Trinajstić information content (AvgIpc) is 2.28. The number of rotatable bonds is 4. The summed E-state index contributed by atoms with van der Waals surface area (Å²) in [5.41, 5.74) is 1.50. The normalized spacial score (nSPS) is 11.3. The molecule has 1 aromatic carbocycles. The molecule has 1 N–H and O–H groups in total. The molecule has 0 fully saturated rings. The lowest BCUT2D eigenvalue weighted by atomic mass is 10.3. The highest BCUT2D eigenvalue weighted by Gasteiger charge is 2.16. The van der Waals surface area contributed by atoms with Gasteiger partial charge >= 0.3 is 5.97 Å². The van der Waals surface area contributed by atoms with Crippen molar-refractivity contribution in [1.29, 1.82) is 0 Å². The fraction of sp³-hybridized carbons (Fsp3) is 0.286. The first kappa shape index (κ1) is 14.0. The van der Waals surface area contributed by atoms with Crippen LogP contribution in [0.4, 0.5) is 5.69 Å². The third kappa shape index (κ3) is 4.82. The maximum absolute atomic E-state index is 11.7. The molecule has 0 spiro atoms. The van der Waals surface area contributed by atoms with Gasteiger partial charge in [0.05, 0.1) is 0 Å². The summed E-state index contributed by atoms with van der Waals surface area (Å²) >= 11 is 0. The van der Waals surface area contributed by atoms with Crippen molar-refractivity contribution in [2.45, 2.75) is 26.9 Å². The third-order valence-electron chi connectivity index (χ3n) is 2.11. The lowest BCUT2D eigenvalue weighted by molar-refractivity contribution is -0.148. The second-order valence-corrected chi connectivity index (χ2v) is 4.16. The van der Waals surface area contributed by atoms with E-state index >= 15 is 0 Å². The van der Waals surface area contributed by atoms with Crippen molar-refractivity contribution in [1.82, 2.24) is 0 Å². The number of nitrogens with one attached hydrogen (secondary N) is 1. The zero-order valence-corrected chi connectivity index (χ0v) is 10.8. The molecule has 0 heterocycles. The van der Waals surface area contributed by atoms with Crippen molar-refractivity contribution < 1.29 is 14.3 Å². The summed E-state index contributed by atoms with van der Waals surface area (Å²) in [5, 5.41) is 2.66. The van der Waals surface area contributed by atoms with Gasteiger partial charge in [0.15, 0.2) is 6.10 Å². The summed E-state index contributed by atoms with van der Waals surface area (Å²) in [7, 11) is 0. The van der Waals surface area contributed by atoms with Gasteiger partial charge in [0.25, 0.3) is 5.91 Å². The molecule has 4 heteroatoms. The number of esters is 1. The van der Waals surface area contributed by atoms with Gasteiger partial charge in [0.1, 0.15) is 0 Å². The van der Waals surface area contributed by atoms with Crippen LogP contribution < -0.4 is 5.32 Å². The first-order valence-corrected chi connectivity index (χ1v) is 5.70. The monoisotopic (exact) mass is 247 g/mol. The summed E-state index contributed by atoms with van der Waals surface area (Å²) < 4.78 is 4.97. The minimum absolute atomic E-state index is 0.350. The Morgan fingerprint density at radius 3 is 2.39 bits per heavy atom. The van der Waals surface area contributed by atoms with Gasteiger partial charge < -0.3 is 10.1 Å². The Hall–Kier alpha value is -2.10. The molecule has 0 saturated heterocycles. The molecule has 0 unspecified atom stereocenters. The lowest BCUT2D eigenvalue weighted by Gasteiger charge is -2.12. The SMILES string of the molecule is CC(C)=CC(=O)O[C@@H](C)C(=O)Nc1ccccc1. The summed E-state index contributed by atoms with van der Waals surface area (Å²) in [6, 6.07) is 9.02. The van der Waals surface area contributed by atoms with Gasteiger partial charge in [-0.3, -0.25) is 4.79 Å². The Labute approximate surface area is 107 Å². The summed E-state index contributed by atoms with van der Waals surface area (Å²) in [5.74, 6) is -0.859. The van der Waals surface area contributed by atoms with E-state index in [0.717, 1.165) is 5.57 Å². The zero-order valence-electron chi connectivity index (χ0n) is 10.8. The second-order valence-electron chi connectivity index (χ2n) is 4.16. The first-order valence-electron chi connectivity index (χ1n) is 5.70. The van der Waals surface area contributed by atoms with Crippen LogP contribution in [0.1, 0.15) is 20.8 Å². The molecule has 0 bridgehead atoms. The van der Waals surface area contributed by atoms with E-state index in [1.807, 2.05) is 18.2 Å². The Bertz CT molecular complexity index is 447. The average molecular weight is 247 g/mol. The number of benzene rings is 1. The topological polar surface area (TPSA) is 55.4 Å². The fourth-order valence-electron chi connectivity index (χ4n) is 1.26. The number of allylic oxidation sites excluding steroid dienone is 1. The zero-order chi connectivity index (χ0) is 13.5. The molecule has 1 atom stereocenters. The van der Waals surface area contributed by atoms with Crippen LogP contribution in [0.5, 0.6) is 0 Å². The molecular weight excluding hydrogens is 230 g/mol. The van der Waals surface area contributed by atoms with Crippen LogP contribution >= 0.6 is 0 Å². The van der Waals surface area contributed by atoms with Crippen LogP contribution in [0.25, 0.3) is 0 Å². The van der Waals surface area contributed by atoms with Crippen LogP contribution in [-0.2, 0) is 14.3 Å². The van der Waals surface area contributed by atoms with E-state index in [0.29, 0.717) is 5.69 Å². The van der Waals surface area contributed by atoms with Gasteiger partial charge in [-0.15, -0.1) is 0 Å². The van der Waals surface area contributed by atoms with E-state index in [2.05, 4.69) is 5.32 Å². The van der Waals surface area contributed by atoms with Crippen LogP contribution in [0.15, 0.2) is 42.0 Å². The second kappa shape index (κ2) is 6.59. The predicted octanol–water partition coefficient (Wildman–Crippen LogP) is 2.52. The summed E-state index contributed by atoms with van der Waals surface area (Å²) in [6.07, 6.45) is 0.528. The number of hydrogen-bond acceptors (Lipinski definition) is 3. The minimum atomic E-state index is -0.826. The molecule has 0 aliphatic heterocycles. The summed E-state index contributed by atoms with van der Waals surface area (Å²) in [4.78, 5) is 23.1. The van der Waals surface area contributed by atoms with Crippen LogP contribution in [0.2, 0.25) is 0 Å². The van der Waals surface area contributed by atoms with Gasteiger partial charge in [-0.25, -0.2) is 4.79 Å². The number of carbonyl (C=O) groups is 2. The minimum Gasteiger partial charge on any atom is -0.449 e. The molecular formula is C14H17NO3. The third-order valence-corrected chi connectivity index (χ3v) is 2.11. The molecule has 0 saturated carbocycles. The van der Waals surface area contributed by atoms with Crippen molar-refractivity contribution in [3.05, 3.63) is 42.0 Å². The Kier molecular flexibility index (Phi) is 5.11. The number of para-hydroxylation sites is 1. The van der Waals surface area contributed by atoms with E-state index in [1.165, 1.54) is 13.0 Å². The molecule has 0 aliphatic carbocycles. The highest BCUT2D eigenvalue weighted by atomic mass is 16.5. The predicted molar refractivity (Wildman–Crippen MR) is 70.1 cm³/mol. The lowest BCUT2D eigenvalue weighted by Crippen LogP contribution is -2.29. The maximum Gasteiger partial charge on any atom is 0.331 e. The molecule has 0 aliphatic rings. The standard InChI is InChI=1S/C14H17NO3/c1-10(2)9-13(16)18-11(3)14(17)15-12-7-5-4-6-8-12/h4-9,11H,1-3H3,(H,15,17)/t11-/m0/s1. The molecule has 18 heavy (non-hydrogen) atoms. The van der Waals surface area contributed by atoms with E-state index < -0.39 is 12.1 Å². The van der Waals surface area contributed by atoms with Gasteiger partial charge in [-0.2, -0.15) is 0 Å². The molecule has 1 aromatic rings. The molecule has 96 valence electrons. The van der Waals surface area contributed by atoms with Crippen molar-refractivity contribution in [2.24, 2.45) is 0 Å². The van der Waals surface area contributed by atoms with Gasteiger partial charge in [0, 0.05) is 11.8 Å². The van der Waals surface area contributed by atoms with Gasteiger partial charge in [-0.05, 0) is 32.9 Å². The smallest absolute Gasteiger partial charge is 0.331 e. The highest BCUT2D eigenvalue weighted by Crippen LogP contribution is 2.06. The number of amides is 1. The van der Waals surface area contributed by atoms with Gasteiger partial charge in [0.2, 0.25) is 0 Å². The summed E-state index contributed by atoms with van der Waals surface area (Å²) in [6.45, 7) is 5.11. The van der Waals surface area contributed by atoms with E-state index in [9.17, 15) is 9.59 Å². The molecule has 0 radical (unpaired) electrons. The van der Waals surface area contributed by atoms with Crippen molar-refractivity contribution >= 4 is 17.6 Å². The van der Waals surface area contributed by atoms with E-state index in [-0.39, 0.29) is 5.91 Å².